The summed E-state index contributed by atoms with van der Waals surface area (Å²) in [6.07, 6.45) is 1.49. The van der Waals surface area contributed by atoms with Gasteiger partial charge < -0.3 is 10.0 Å². The largest absolute Gasteiger partial charge is 0.502 e. The van der Waals surface area contributed by atoms with E-state index in [4.69, 9.17) is 0 Å². The predicted octanol–water partition coefficient (Wildman–Crippen LogP) is 4.56. The van der Waals surface area contributed by atoms with E-state index in [0.717, 1.165) is 29.5 Å². The van der Waals surface area contributed by atoms with E-state index >= 15 is 0 Å². The fourth-order valence-electron chi connectivity index (χ4n) is 3.57. The van der Waals surface area contributed by atoms with E-state index in [0.29, 0.717) is 17.8 Å². The number of amides is 1. The predicted molar refractivity (Wildman–Crippen MR) is 107 cm³/mol. The lowest BCUT2D eigenvalue weighted by Gasteiger charge is -2.21. The fourth-order valence-corrected chi connectivity index (χ4v) is 3.57. The molecule has 0 spiro atoms. The number of nitro benzene ring substituents is 1. The van der Waals surface area contributed by atoms with Crippen LogP contribution in [0.4, 0.5) is 11.4 Å². The molecule has 1 aliphatic heterocycles. The van der Waals surface area contributed by atoms with Crippen LogP contribution in [0.3, 0.4) is 0 Å². The van der Waals surface area contributed by atoms with Crippen LogP contribution in [0.1, 0.15) is 22.3 Å². The molecular formula is C22H18N2O4. The standard InChI is InChI=1S/C22H18N2O4/c25-21-11-9-18(14-20(21)24(27)28)23-12-4-7-17-13-16(8-10-19(17)22(23)26)15-5-2-1-3-6-15/h1-3,5-6,8-11,13-14,25H,4,7,12H2. The van der Waals surface area contributed by atoms with Gasteiger partial charge >= 0.3 is 5.69 Å². The molecule has 0 fully saturated rings. The van der Waals surface area contributed by atoms with Crippen LogP contribution < -0.4 is 4.90 Å². The molecule has 0 bridgehead atoms. The van der Waals surface area contributed by atoms with Crippen molar-refractivity contribution in [3.05, 3.63) is 88.0 Å². The molecule has 0 unspecified atom stereocenters. The highest BCUT2D eigenvalue weighted by atomic mass is 16.6. The first-order chi connectivity index (χ1) is 13.5. The Hall–Kier alpha value is -3.67. The van der Waals surface area contributed by atoms with E-state index in [2.05, 4.69) is 0 Å². The average Bonchev–Trinajstić information content (AvgIpc) is 2.87. The van der Waals surface area contributed by atoms with Crippen LogP contribution in [-0.4, -0.2) is 22.5 Å². The molecule has 3 aromatic carbocycles. The molecule has 4 rings (SSSR count). The first-order valence-corrected chi connectivity index (χ1v) is 9.02. The van der Waals surface area contributed by atoms with E-state index in [-0.39, 0.29) is 5.91 Å². The maximum absolute atomic E-state index is 13.1. The van der Waals surface area contributed by atoms with Gasteiger partial charge in [-0.25, -0.2) is 0 Å². The normalized spacial score (nSPS) is 13.7. The van der Waals surface area contributed by atoms with Crippen LogP contribution in [0.2, 0.25) is 0 Å². The Balaban J connectivity index is 1.71. The SMILES string of the molecule is O=C1c2ccc(-c3ccccc3)cc2CCCN1c1ccc(O)c([N+](=O)[O-])c1. The minimum absolute atomic E-state index is 0.188. The van der Waals surface area contributed by atoms with Crippen molar-refractivity contribution in [1.29, 1.82) is 0 Å². The monoisotopic (exact) mass is 374 g/mol. The average molecular weight is 374 g/mol. The van der Waals surface area contributed by atoms with Crippen molar-refractivity contribution < 1.29 is 14.8 Å². The zero-order valence-electron chi connectivity index (χ0n) is 15.0. The van der Waals surface area contributed by atoms with Crippen molar-refractivity contribution in [2.24, 2.45) is 0 Å². The second-order valence-electron chi connectivity index (χ2n) is 6.73. The lowest BCUT2D eigenvalue weighted by Crippen LogP contribution is -2.30. The maximum atomic E-state index is 13.1. The molecule has 0 atom stereocenters. The highest BCUT2D eigenvalue weighted by molar-refractivity contribution is 6.08. The summed E-state index contributed by atoms with van der Waals surface area (Å²) in [5, 5.41) is 20.8. The van der Waals surface area contributed by atoms with Crippen molar-refractivity contribution in [3.8, 4) is 16.9 Å². The Morgan fingerprint density at radius 3 is 2.50 bits per heavy atom. The van der Waals surface area contributed by atoms with Gasteiger partial charge in [0.25, 0.3) is 5.91 Å². The van der Waals surface area contributed by atoms with Gasteiger partial charge in [-0.2, -0.15) is 0 Å². The van der Waals surface area contributed by atoms with Gasteiger partial charge in [0, 0.05) is 18.2 Å². The Morgan fingerprint density at radius 1 is 0.964 bits per heavy atom. The number of nitro groups is 1. The van der Waals surface area contributed by atoms with Crippen molar-refractivity contribution >= 4 is 17.3 Å². The summed E-state index contributed by atoms with van der Waals surface area (Å²) in [6.45, 7) is 0.454. The van der Waals surface area contributed by atoms with Crippen LogP contribution in [0.25, 0.3) is 11.1 Å². The number of aromatic hydroxyl groups is 1. The fraction of sp³-hybridized carbons (Fsp3) is 0.136. The molecular weight excluding hydrogens is 356 g/mol. The third-order valence-electron chi connectivity index (χ3n) is 4.98. The highest BCUT2D eigenvalue weighted by Gasteiger charge is 2.26. The summed E-state index contributed by atoms with van der Waals surface area (Å²) >= 11 is 0. The lowest BCUT2D eigenvalue weighted by molar-refractivity contribution is -0.385. The summed E-state index contributed by atoms with van der Waals surface area (Å²) in [4.78, 5) is 25.2. The molecule has 1 N–H and O–H groups in total. The van der Waals surface area contributed by atoms with E-state index < -0.39 is 16.4 Å². The van der Waals surface area contributed by atoms with Gasteiger partial charge in [-0.1, -0.05) is 42.5 Å². The molecule has 0 radical (unpaired) electrons. The third kappa shape index (κ3) is 3.20. The van der Waals surface area contributed by atoms with Crippen molar-refractivity contribution in [2.45, 2.75) is 12.8 Å². The summed E-state index contributed by atoms with van der Waals surface area (Å²) < 4.78 is 0. The molecule has 1 amide bonds. The molecule has 140 valence electrons. The number of fused-ring (bicyclic) bond motifs is 1. The number of aryl methyl sites for hydroxylation is 1. The molecule has 0 saturated heterocycles. The summed E-state index contributed by atoms with van der Waals surface area (Å²) in [5.41, 5.74) is 3.73. The number of phenols is 1. The quantitative estimate of drug-likeness (QED) is 0.538. The number of hydrogen-bond acceptors (Lipinski definition) is 4. The van der Waals surface area contributed by atoms with E-state index in [1.54, 1.807) is 4.90 Å². The number of nitrogens with zero attached hydrogens (tertiary/aromatic N) is 2. The number of anilines is 1. The Kier molecular flexibility index (Phi) is 4.53. The van der Waals surface area contributed by atoms with Crippen molar-refractivity contribution in [2.75, 3.05) is 11.4 Å². The highest BCUT2D eigenvalue weighted by Crippen LogP contribution is 2.33. The molecule has 1 aliphatic rings. The zero-order valence-corrected chi connectivity index (χ0v) is 15.0. The second kappa shape index (κ2) is 7.15. The van der Waals surface area contributed by atoms with E-state index in [1.807, 2.05) is 48.5 Å². The van der Waals surface area contributed by atoms with Crippen LogP contribution >= 0.6 is 0 Å². The van der Waals surface area contributed by atoms with Crippen molar-refractivity contribution in [1.82, 2.24) is 0 Å². The zero-order chi connectivity index (χ0) is 19.7. The molecule has 0 saturated carbocycles. The topological polar surface area (TPSA) is 83.7 Å². The van der Waals surface area contributed by atoms with Crippen molar-refractivity contribution in [3.63, 3.8) is 0 Å². The van der Waals surface area contributed by atoms with Gasteiger partial charge in [-0.05, 0) is 47.7 Å². The minimum Gasteiger partial charge on any atom is -0.502 e. The molecule has 1 heterocycles. The Bertz CT molecular complexity index is 1060. The summed E-state index contributed by atoms with van der Waals surface area (Å²) in [5.74, 6) is -0.601. The van der Waals surface area contributed by atoms with Gasteiger partial charge in [0.1, 0.15) is 0 Å². The van der Waals surface area contributed by atoms with Gasteiger partial charge in [0.05, 0.1) is 10.6 Å². The number of carbonyl (C=O) groups excluding carboxylic acids is 1. The smallest absolute Gasteiger partial charge is 0.312 e. The summed E-state index contributed by atoms with van der Waals surface area (Å²) in [6, 6.07) is 19.8. The van der Waals surface area contributed by atoms with E-state index in [9.17, 15) is 20.0 Å². The Morgan fingerprint density at radius 2 is 1.75 bits per heavy atom. The number of hydrogen-bond donors (Lipinski definition) is 1. The van der Waals surface area contributed by atoms with Gasteiger partial charge in [-0.3, -0.25) is 14.9 Å². The second-order valence-corrected chi connectivity index (χ2v) is 6.73. The number of phenolic OH excluding ortho intramolecular Hbond substituents is 1. The molecule has 6 heteroatoms. The Labute approximate surface area is 161 Å². The third-order valence-corrected chi connectivity index (χ3v) is 4.98. The van der Waals surface area contributed by atoms with Crippen LogP contribution in [0.15, 0.2) is 66.7 Å². The van der Waals surface area contributed by atoms with E-state index in [1.165, 1.54) is 18.2 Å². The first kappa shape index (κ1) is 17.7. The van der Waals surface area contributed by atoms with Crippen LogP contribution in [-0.2, 0) is 6.42 Å². The van der Waals surface area contributed by atoms with Gasteiger partial charge in [0.2, 0.25) is 0 Å². The van der Waals surface area contributed by atoms with Gasteiger partial charge in [-0.15, -0.1) is 0 Å². The molecule has 3 aromatic rings. The molecule has 28 heavy (non-hydrogen) atoms. The lowest BCUT2D eigenvalue weighted by atomic mass is 9.97. The number of rotatable bonds is 3. The maximum Gasteiger partial charge on any atom is 0.312 e. The van der Waals surface area contributed by atoms with Crippen LogP contribution in [0, 0.1) is 10.1 Å². The number of benzene rings is 3. The minimum atomic E-state index is -0.652. The molecule has 6 nitrogen and oxygen atoms in total. The molecule has 0 aromatic heterocycles. The van der Waals surface area contributed by atoms with Crippen LogP contribution in [0.5, 0.6) is 5.75 Å². The van der Waals surface area contributed by atoms with Gasteiger partial charge in [0.15, 0.2) is 5.75 Å². The first-order valence-electron chi connectivity index (χ1n) is 9.02. The molecule has 0 aliphatic carbocycles. The summed E-state index contributed by atoms with van der Waals surface area (Å²) in [7, 11) is 0. The number of carbonyl (C=O) groups is 1.